The van der Waals surface area contributed by atoms with Crippen LogP contribution in [0.4, 0.5) is 0 Å². The first-order valence-electron chi connectivity index (χ1n) is 5.69. The number of hydrogen-bond donors (Lipinski definition) is 1. The Morgan fingerprint density at radius 3 is 3.05 bits per heavy atom. The Balaban J connectivity index is 2.10. The summed E-state index contributed by atoms with van der Waals surface area (Å²) in [5, 5.41) is 11.6. The molecule has 0 fully saturated rings. The van der Waals surface area contributed by atoms with E-state index >= 15 is 0 Å². The largest absolute Gasteiger partial charge is 0.476 e. The lowest BCUT2D eigenvalue weighted by Gasteiger charge is -2.07. The number of carboxylic acid groups (broad SMARTS) is 1. The molecule has 20 heavy (non-hydrogen) atoms. The van der Waals surface area contributed by atoms with Crippen molar-refractivity contribution in [3.63, 3.8) is 0 Å². The summed E-state index contributed by atoms with van der Waals surface area (Å²) in [5.74, 6) is -0.536. The summed E-state index contributed by atoms with van der Waals surface area (Å²) < 4.78 is 7.12. The number of aromatic carboxylic acids is 1. The number of carboxylic acids is 1. The Labute approximate surface area is 123 Å². The predicted molar refractivity (Wildman–Crippen MR) is 76.3 cm³/mol. The van der Waals surface area contributed by atoms with Gasteiger partial charge in [0.15, 0.2) is 10.7 Å². The molecule has 0 amide bonds. The molecule has 0 atom stereocenters. The third kappa shape index (κ3) is 2.13. The molecule has 0 aliphatic heterocycles. The van der Waals surface area contributed by atoms with E-state index in [9.17, 15) is 9.90 Å². The van der Waals surface area contributed by atoms with Gasteiger partial charge in [0.25, 0.3) is 5.88 Å². The summed E-state index contributed by atoms with van der Waals surface area (Å²) in [5.41, 5.74) is 0.850. The first kappa shape index (κ1) is 13.0. The van der Waals surface area contributed by atoms with Crippen LogP contribution in [0.15, 0.2) is 29.8 Å². The van der Waals surface area contributed by atoms with Crippen molar-refractivity contribution in [1.82, 2.24) is 9.38 Å². The first-order valence-corrected chi connectivity index (χ1v) is 6.95. The molecule has 0 aliphatic rings. The number of halogens is 1. The topological polar surface area (TPSA) is 63.8 Å². The number of aromatic nitrogens is 2. The molecular weight excluding hydrogens is 300 g/mol. The van der Waals surface area contributed by atoms with Crippen LogP contribution in [-0.4, -0.2) is 20.5 Å². The Bertz CT molecular complexity index is 809. The zero-order valence-corrected chi connectivity index (χ0v) is 11.9. The molecule has 5 nitrogen and oxygen atoms in total. The quantitative estimate of drug-likeness (QED) is 0.798. The average molecular weight is 309 g/mol. The molecule has 0 aliphatic carbocycles. The van der Waals surface area contributed by atoms with Crippen LogP contribution >= 0.6 is 22.9 Å². The molecule has 0 saturated carbocycles. The molecule has 0 spiro atoms. The zero-order chi connectivity index (χ0) is 14.3. The fraction of sp³-hybridized carbons (Fsp3) is 0.0769. The minimum atomic E-state index is -1.09. The van der Waals surface area contributed by atoms with Crippen LogP contribution in [-0.2, 0) is 0 Å². The standard InChI is InChI=1S/C13H9ClN2O3S/c1-7-2-3-8(14)6-9(7)19-11-10(12(17)18)16-4-5-20-13(16)15-11/h2-6H,1H3,(H,17,18). The maximum Gasteiger partial charge on any atom is 0.358 e. The van der Waals surface area contributed by atoms with Gasteiger partial charge in [0, 0.05) is 16.6 Å². The fourth-order valence-corrected chi connectivity index (χ4v) is 2.69. The summed E-state index contributed by atoms with van der Waals surface area (Å²) in [6.07, 6.45) is 1.65. The van der Waals surface area contributed by atoms with Crippen LogP contribution < -0.4 is 4.74 Å². The Hall–Kier alpha value is -2.05. The second-order valence-corrected chi connectivity index (χ2v) is 5.45. The summed E-state index contributed by atoms with van der Waals surface area (Å²) in [6.45, 7) is 1.85. The Morgan fingerprint density at radius 2 is 2.30 bits per heavy atom. The lowest BCUT2D eigenvalue weighted by molar-refractivity contribution is 0.0686. The van der Waals surface area contributed by atoms with Crippen molar-refractivity contribution in [2.75, 3.05) is 0 Å². The predicted octanol–water partition coefficient (Wildman–Crippen LogP) is 3.85. The van der Waals surface area contributed by atoms with Crippen LogP contribution in [0.3, 0.4) is 0 Å². The van der Waals surface area contributed by atoms with Crippen molar-refractivity contribution in [2.45, 2.75) is 6.92 Å². The van der Waals surface area contributed by atoms with Crippen molar-refractivity contribution >= 4 is 33.9 Å². The van der Waals surface area contributed by atoms with Crippen LogP contribution in [0.5, 0.6) is 11.6 Å². The van der Waals surface area contributed by atoms with Crippen molar-refractivity contribution in [2.24, 2.45) is 0 Å². The van der Waals surface area contributed by atoms with Gasteiger partial charge in [0.2, 0.25) is 0 Å². The van der Waals surface area contributed by atoms with Crippen LogP contribution in [0.1, 0.15) is 16.1 Å². The number of ether oxygens (including phenoxy) is 1. The number of hydrogen-bond acceptors (Lipinski definition) is 4. The highest BCUT2D eigenvalue weighted by molar-refractivity contribution is 7.15. The van der Waals surface area contributed by atoms with Crippen LogP contribution in [0.2, 0.25) is 5.02 Å². The Kier molecular flexibility index (Phi) is 3.11. The third-order valence-corrected chi connectivity index (χ3v) is 3.78. The van der Waals surface area contributed by atoms with Crippen LogP contribution in [0.25, 0.3) is 4.96 Å². The Morgan fingerprint density at radius 1 is 1.50 bits per heavy atom. The van der Waals surface area contributed by atoms with Crippen molar-refractivity contribution in [1.29, 1.82) is 0 Å². The number of thiazole rings is 1. The third-order valence-electron chi connectivity index (χ3n) is 2.79. The molecule has 1 aromatic carbocycles. The molecule has 2 heterocycles. The van der Waals surface area contributed by atoms with Gasteiger partial charge in [-0.25, -0.2) is 4.79 Å². The highest BCUT2D eigenvalue weighted by Crippen LogP contribution is 2.31. The van der Waals surface area contributed by atoms with Gasteiger partial charge in [-0.1, -0.05) is 17.7 Å². The smallest absolute Gasteiger partial charge is 0.358 e. The van der Waals surface area contributed by atoms with E-state index in [0.717, 1.165) is 5.56 Å². The van der Waals surface area contributed by atoms with E-state index in [1.54, 1.807) is 29.8 Å². The van der Waals surface area contributed by atoms with E-state index in [0.29, 0.717) is 15.7 Å². The first-order chi connectivity index (χ1) is 9.56. The second-order valence-electron chi connectivity index (χ2n) is 4.14. The monoisotopic (exact) mass is 308 g/mol. The average Bonchev–Trinajstić information content (AvgIpc) is 2.93. The summed E-state index contributed by atoms with van der Waals surface area (Å²) in [4.78, 5) is 16.1. The number of rotatable bonds is 3. The highest BCUT2D eigenvalue weighted by atomic mass is 35.5. The number of fused-ring (bicyclic) bond motifs is 1. The molecule has 3 aromatic rings. The summed E-state index contributed by atoms with van der Waals surface area (Å²) in [6, 6.07) is 5.18. The van der Waals surface area contributed by atoms with E-state index in [4.69, 9.17) is 16.3 Å². The minimum absolute atomic E-state index is 0.000579. The number of benzene rings is 1. The van der Waals surface area contributed by atoms with Crippen molar-refractivity contribution in [3.05, 3.63) is 46.1 Å². The number of aryl methyl sites for hydroxylation is 1. The lowest BCUT2D eigenvalue weighted by Crippen LogP contribution is -2.03. The van der Waals surface area contributed by atoms with Gasteiger partial charge in [-0.15, -0.1) is 11.3 Å². The van der Waals surface area contributed by atoms with E-state index < -0.39 is 5.97 Å². The molecule has 2 aromatic heterocycles. The van der Waals surface area contributed by atoms with Gasteiger partial charge in [-0.2, -0.15) is 4.98 Å². The van der Waals surface area contributed by atoms with Gasteiger partial charge in [-0.3, -0.25) is 4.40 Å². The molecule has 0 bridgehead atoms. The second kappa shape index (κ2) is 4.81. The fourth-order valence-electron chi connectivity index (χ4n) is 1.82. The molecular formula is C13H9ClN2O3S. The lowest BCUT2D eigenvalue weighted by atomic mass is 10.2. The van der Waals surface area contributed by atoms with Gasteiger partial charge in [0.1, 0.15) is 5.75 Å². The van der Waals surface area contributed by atoms with Gasteiger partial charge < -0.3 is 9.84 Å². The molecule has 7 heteroatoms. The number of nitrogens with zero attached hydrogens (tertiary/aromatic N) is 2. The highest BCUT2D eigenvalue weighted by Gasteiger charge is 2.21. The van der Waals surface area contributed by atoms with Gasteiger partial charge >= 0.3 is 5.97 Å². The van der Waals surface area contributed by atoms with Gasteiger partial charge in [-0.05, 0) is 24.6 Å². The molecule has 0 saturated heterocycles. The maximum atomic E-state index is 11.4. The summed E-state index contributed by atoms with van der Waals surface area (Å²) in [7, 11) is 0. The van der Waals surface area contributed by atoms with E-state index in [-0.39, 0.29) is 11.6 Å². The normalized spacial score (nSPS) is 10.9. The van der Waals surface area contributed by atoms with Crippen molar-refractivity contribution in [3.8, 4) is 11.6 Å². The molecule has 3 rings (SSSR count). The van der Waals surface area contributed by atoms with E-state index in [1.165, 1.54) is 15.7 Å². The maximum absolute atomic E-state index is 11.4. The van der Waals surface area contributed by atoms with E-state index in [1.807, 2.05) is 6.92 Å². The van der Waals surface area contributed by atoms with Crippen LogP contribution in [0, 0.1) is 6.92 Å². The number of imidazole rings is 1. The molecule has 102 valence electrons. The number of carbonyl (C=O) groups is 1. The van der Waals surface area contributed by atoms with Gasteiger partial charge in [0.05, 0.1) is 0 Å². The summed E-state index contributed by atoms with van der Waals surface area (Å²) >= 11 is 7.26. The SMILES string of the molecule is Cc1ccc(Cl)cc1Oc1nc2sccn2c1C(=O)O. The molecule has 0 radical (unpaired) electrons. The molecule has 1 N–H and O–H groups in total. The molecule has 0 unspecified atom stereocenters. The van der Waals surface area contributed by atoms with Crippen molar-refractivity contribution < 1.29 is 14.6 Å². The zero-order valence-electron chi connectivity index (χ0n) is 10.3. The minimum Gasteiger partial charge on any atom is -0.476 e. The van der Waals surface area contributed by atoms with E-state index in [2.05, 4.69) is 4.98 Å².